The Morgan fingerprint density at radius 1 is 1.22 bits per heavy atom. The first-order valence-electron chi connectivity index (χ1n) is 11.5. The van der Waals surface area contributed by atoms with Gasteiger partial charge in [0, 0.05) is 39.2 Å². The maximum absolute atomic E-state index is 12.9. The van der Waals surface area contributed by atoms with Crippen LogP contribution in [0.3, 0.4) is 0 Å². The SMILES string of the molecule is O=C(NC1CC1)c1cccc2scc(-c3nc(NCCCC4CCNCC4)ncc3Cl)c12. The number of aromatic nitrogens is 2. The van der Waals surface area contributed by atoms with Crippen molar-refractivity contribution in [3.05, 3.63) is 40.4 Å². The molecule has 168 valence electrons. The van der Waals surface area contributed by atoms with Crippen LogP contribution in [0, 0.1) is 5.92 Å². The van der Waals surface area contributed by atoms with Gasteiger partial charge in [0.15, 0.2) is 0 Å². The number of nitrogens with one attached hydrogen (secondary N) is 3. The predicted molar refractivity (Wildman–Crippen MR) is 132 cm³/mol. The van der Waals surface area contributed by atoms with Crippen molar-refractivity contribution in [2.24, 2.45) is 5.92 Å². The van der Waals surface area contributed by atoms with Crippen molar-refractivity contribution < 1.29 is 4.79 Å². The molecule has 1 aliphatic carbocycles. The Balaban J connectivity index is 1.34. The third kappa shape index (κ3) is 4.90. The number of carbonyl (C=O) groups is 1. The summed E-state index contributed by atoms with van der Waals surface area (Å²) in [5.41, 5.74) is 2.23. The average molecular weight is 470 g/mol. The monoisotopic (exact) mass is 469 g/mol. The molecule has 0 spiro atoms. The normalized spacial score (nSPS) is 16.9. The van der Waals surface area contributed by atoms with E-state index >= 15 is 0 Å². The molecule has 0 unspecified atom stereocenters. The van der Waals surface area contributed by atoms with Crippen LogP contribution in [-0.2, 0) is 0 Å². The first kappa shape index (κ1) is 21.6. The summed E-state index contributed by atoms with van der Waals surface area (Å²) in [6.45, 7) is 3.11. The maximum Gasteiger partial charge on any atom is 0.252 e. The second-order valence-corrected chi connectivity index (χ2v) is 10.0. The molecule has 8 heteroatoms. The Bertz CT molecular complexity index is 1110. The zero-order valence-corrected chi connectivity index (χ0v) is 19.6. The number of nitrogens with zero attached hydrogens (tertiary/aromatic N) is 2. The number of anilines is 1. The minimum atomic E-state index is -0.0285. The lowest BCUT2D eigenvalue weighted by atomic mass is 9.93. The highest BCUT2D eigenvalue weighted by molar-refractivity contribution is 7.17. The van der Waals surface area contributed by atoms with E-state index in [1.165, 1.54) is 19.3 Å². The van der Waals surface area contributed by atoms with E-state index in [1.54, 1.807) is 17.5 Å². The van der Waals surface area contributed by atoms with Crippen LogP contribution in [0.1, 0.15) is 48.9 Å². The number of hydrogen-bond donors (Lipinski definition) is 3. The summed E-state index contributed by atoms with van der Waals surface area (Å²) in [7, 11) is 0. The molecule has 32 heavy (non-hydrogen) atoms. The summed E-state index contributed by atoms with van der Waals surface area (Å²) >= 11 is 8.12. The number of hydrogen-bond acceptors (Lipinski definition) is 6. The Morgan fingerprint density at radius 2 is 2.06 bits per heavy atom. The summed E-state index contributed by atoms with van der Waals surface area (Å²) in [6, 6.07) is 6.15. The van der Waals surface area contributed by atoms with E-state index in [-0.39, 0.29) is 5.91 Å². The molecule has 1 amide bonds. The molecule has 2 fully saturated rings. The van der Waals surface area contributed by atoms with Crippen molar-refractivity contribution >= 4 is 44.9 Å². The van der Waals surface area contributed by atoms with Crippen LogP contribution in [0.5, 0.6) is 0 Å². The van der Waals surface area contributed by atoms with Crippen LogP contribution in [0.2, 0.25) is 5.02 Å². The third-order valence-corrected chi connectivity index (χ3v) is 7.51. The summed E-state index contributed by atoms with van der Waals surface area (Å²) in [4.78, 5) is 22.0. The van der Waals surface area contributed by atoms with Gasteiger partial charge in [-0.25, -0.2) is 9.97 Å². The first-order chi connectivity index (χ1) is 15.7. The Kier molecular flexibility index (Phi) is 6.57. The van der Waals surface area contributed by atoms with E-state index in [0.717, 1.165) is 60.5 Å². The van der Waals surface area contributed by atoms with E-state index in [4.69, 9.17) is 16.6 Å². The molecule has 5 rings (SSSR count). The number of amides is 1. The van der Waals surface area contributed by atoms with Crippen LogP contribution in [0.25, 0.3) is 21.3 Å². The lowest BCUT2D eigenvalue weighted by molar-refractivity contribution is 0.0953. The minimum Gasteiger partial charge on any atom is -0.354 e. The van der Waals surface area contributed by atoms with Crippen molar-refractivity contribution in [3.8, 4) is 11.3 Å². The molecule has 6 nitrogen and oxygen atoms in total. The van der Waals surface area contributed by atoms with Gasteiger partial charge in [0.05, 0.1) is 16.9 Å². The van der Waals surface area contributed by atoms with Gasteiger partial charge in [0.25, 0.3) is 5.91 Å². The molecule has 3 aromatic rings. The number of benzene rings is 1. The molecule has 3 heterocycles. The highest BCUT2D eigenvalue weighted by atomic mass is 35.5. The van der Waals surface area contributed by atoms with Gasteiger partial charge in [-0.1, -0.05) is 17.7 Å². The highest BCUT2D eigenvalue weighted by Crippen LogP contribution is 2.38. The fourth-order valence-electron chi connectivity index (χ4n) is 4.35. The second kappa shape index (κ2) is 9.73. The Morgan fingerprint density at radius 3 is 2.88 bits per heavy atom. The number of thiophene rings is 1. The van der Waals surface area contributed by atoms with E-state index in [1.807, 2.05) is 23.6 Å². The van der Waals surface area contributed by atoms with Gasteiger partial charge in [-0.3, -0.25) is 4.79 Å². The standard InChI is InChI=1S/C24H28ClN5OS/c25-19-13-28-24(27-10-2-3-15-8-11-26-12-9-15)30-22(19)18-14-32-20-5-1-4-17(21(18)20)23(31)29-16-6-7-16/h1,4-5,13-16,26H,2-3,6-12H2,(H,29,31)(H,27,28,30). The summed E-state index contributed by atoms with van der Waals surface area (Å²) in [6.07, 6.45) is 8.62. The van der Waals surface area contributed by atoms with E-state index < -0.39 is 0 Å². The largest absolute Gasteiger partial charge is 0.354 e. The number of fused-ring (bicyclic) bond motifs is 1. The van der Waals surface area contributed by atoms with Gasteiger partial charge in [0.1, 0.15) is 0 Å². The molecule has 2 aromatic heterocycles. The van der Waals surface area contributed by atoms with Crippen LogP contribution in [-0.4, -0.2) is 41.6 Å². The quantitative estimate of drug-likeness (QED) is 0.400. The Hall–Kier alpha value is -2.22. The second-order valence-electron chi connectivity index (χ2n) is 8.73. The smallest absolute Gasteiger partial charge is 0.252 e. The van der Waals surface area contributed by atoms with Crippen LogP contribution >= 0.6 is 22.9 Å². The third-order valence-electron chi connectivity index (χ3n) is 6.29. The summed E-state index contributed by atoms with van der Waals surface area (Å²) < 4.78 is 1.05. The zero-order valence-electron chi connectivity index (χ0n) is 18.0. The van der Waals surface area contributed by atoms with E-state index in [0.29, 0.717) is 28.3 Å². The van der Waals surface area contributed by atoms with Gasteiger partial charge < -0.3 is 16.0 Å². The zero-order chi connectivity index (χ0) is 21.9. The molecule has 0 atom stereocenters. The number of halogens is 1. The molecule has 0 bridgehead atoms. The van der Waals surface area contributed by atoms with Crippen molar-refractivity contribution in [1.82, 2.24) is 20.6 Å². The number of carbonyl (C=O) groups excluding carboxylic acids is 1. The van der Waals surface area contributed by atoms with Crippen molar-refractivity contribution in [3.63, 3.8) is 0 Å². The number of piperidine rings is 1. The van der Waals surface area contributed by atoms with Gasteiger partial charge in [-0.2, -0.15) is 0 Å². The molecule has 2 aliphatic rings. The first-order valence-corrected chi connectivity index (χ1v) is 12.7. The van der Waals surface area contributed by atoms with Crippen molar-refractivity contribution in [1.29, 1.82) is 0 Å². The molecule has 1 aromatic carbocycles. The van der Waals surface area contributed by atoms with Gasteiger partial charge >= 0.3 is 0 Å². The molecule has 1 saturated heterocycles. The summed E-state index contributed by atoms with van der Waals surface area (Å²) in [5, 5.41) is 13.3. The topological polar surface area (TPSA) is 78.9 Å². The molecular formula is C24H28ClN5OS. The fourth-order valence-corrected chi connectivity index (χ4v) is 5.51. The highest BCUT2D eigenvalue weighted by Gasteiger charge is 2.26. The van der Waals surface area contributed by atoms with Gasteiger partial charge in [-0.15, -0.1) is 11.3 Å². The van der Waals surface area contributed by atoms with Gasteiger partial charge in [0.2, 0.25) is 5.95 Å². The minimum absolute atomic E-state index is 0.0285. The van der Waals surface area contributed by atoms with E-state index in [2.05, 4.69) is 20.9 Å². The number of rotatable bonds is 8. The predicted octanol–water partition coefficient (Wildman–Crippen LogP) is 5.10. The lowest BCUT2D eigenvalue weighted by Gasteiger charge is -2.22. The molecule has 3 N–H and O–H groups in total. The lowest BCUT2D eigenvalue weighted by Crippen LogP contribution is -2.27. The molecular weight excluding hydrogens is 442 g/mol. The van der Waals surface area contributed by atoms with E-state index in [9.17, 15) is 4.79 Å². The van der Waals surface area contributed by atoms with Crippen LogP contribution < -0.4 is 16.0 Å². The van der Waals surface area contributed by atoms with Crippen molar-refractivity contribution in [2.45, 2.75) is 44.6 Å². The molecule has 1 saturated carbocycles. The molecule has 0 radical (unpaired) electrons. The molecule has 1 aliphatic heterocycles. The van der Waals surface area contributed by atoms with Gasteiger partial charge in [-0.05, 0) is 69.7 Å². The maximum atomic E-state index is 12.9. The summed E-state index contributed by atoms with van der Waals surface area (Å²) in [5.74, 6) is 1.37. The van der Waals surface area contributed by atoms with Crippen LogP contribution in [0.15, 0.2) is 29.8 Å². The van der Waals surface area contributed by atoms with Crippen LogP contribution in [0.4, 0.5) is 5.95 Å². The Labute approximate surface area is 197 Å². The fraction of sp³-hybridized carbons (Fsp3) is 0.458. The average Bonchev–Trinajstić information content (AvgIpc) is 3.53. The van der Waals surface area contributed by atoms with Crippen molar-refractivity contribution in [2.75, 3.05) is 25.0 Å².